The second-order valence-electron chi connectivity index (χ2n) is 5.32. The molecule has 1 aromatic rings. The molecule has 2 N–H and O–H groups in total. The van der Waals surface area contributed by atoms with E-state index in [0.29, 0.717) is 10.2 Å². The van der Waals surface area contributed by atoms with Gasteiger partial charge in [-0.15, -0.1) is 11.8 Å². The van der Waals surface area contributed by atoms with Gasteiger partial charge in [0.1, 0.15) is 0 Å². The Morgan fingerprint density at radius 3 is 2.27 bits per heavy atom. The van der Waals surface area contributed by atoms with Crippen molar-refractivity contribution in [1.29, 1.82) is 0 Å². The minimum absolute atomic E-state index is 0.296. The molecular formula is C13H19NS. The van der Waals surface area contributed by atoms with Gasteiger partial charge in [0.15, 0.2) is 0 Å². The normalized spacial score (nSPS) is 22.1. The maximum absolute atomic E-state index is 5.92. The first kappa shape index (κ1) is 11.0. The number of hydrogen-bond acceptors (Lipinski definition) is 2. The summed E-state index contributed by atoms with van der Waals surface area (Å²) in [6.45, 7) is 5.44. The summed E-state index contributed by atoms with van der Waals surface area (Å²) < 4.78 is 0.296. The molecule has 1 aliphatic rings. The molecule has 0 atom stereocenters. The third kappa shape index (κ3) is 2.37. The quantitative estimate of drug-likeness (QED) is 0.847. The fourth-order valence-corrected chi connectivity index (χ4v) is 4.49. The molecule has 0 aliphatic heterocycles. The van der Waals surface area contributed by atoms with E-state index in [-0.39, 0.29) is 0 Å². The number of thioether (sulfide) groups is 1. The summed E-state index contributed by atoms with van der Waals surface area (Å²) in [5.74, 6) is 0. The predicted octanol–water partition coefficient (Wildman–Crippen LogP) is 3.30. The Bertz CT molecular complexity index is 324. The highest BCUT2D eigenvalue weighted by Gasteiger charge is 2.48. The summed E-state index contributed by atoms with van der Waals surface area (Å²) >= 11 is 1.96. The summed E-state index contributed by atoms with van der Waals surface area (Å²) in [7, 11) is 0. The van der Waals surface area contributed by atoms with E-state index in [0.717, 1.165) is 6.54 Å². The van der Waals surface area contributed by atoms with E-state index in [4.69, 9.17) is 5.73 Å². The first-order valence-electron chi connectivity index (χ1n) is 5.49. The van der Waals surface area contributed by atoms with Gasteiger partial charge in [0, 0.05) is 16.2 Å². The average molecular weight is 221 g/mol. The van der Waals surface area contributed by atoms with Crippen LogP contribution in [0, 0.1) is 5.41 Å². The Morgan fingerprint density at radius 2 is 1.80 bits per heavy atom. The van der Waals surface area contributed by atoms with Crippen LogP contribution in [-0.4, -0.2) is 11.3 Å². The van der Waals surface area contributed by atoms with Crippen molar-refractivity contribution in [2.75, 3.05) is 6.54 Å². The molecule has 0 saturated heterocycles. The van der Waals surface area contributed by atoms with Crippen LogP contribution in [0.4, 0.5) is 0 Å². The molecule has 0 aromatic heterocycles. The second kappa shape index (κ2) is 3.84. The molecule has 1 saturated carbocycles. The number of rotatable bonds is 3. The van der Waals surface area contributed by atoms with E-state index in [2.05, 4.69) is 44.2 Å². The average Bonchev–Trinajstić information content (AvgIpc) is 2.16. The lowest BCUT2D eigenvalue weighted by molar-refractivity contribution is 0.132. The Kier molecular flexibility index (Phi) is 2.82. The lowest BCUT2D eigenvalue weighted by Gasteiger charge is -2.52. The summed E-state index contributed by atoms with van der Waals surface area (Å²) in [5, 5.41) is 0. The first-order chi connectivity index (χ1) is 7.05. The van der Waals surface area contributed by atoms with Gasteiger partial charge in [0.25, 0.3) is 0 Å². The molecule has 2 heteroatoms. The zero-order valence-corrected chi connectivity index (χ0v) is 10.3. The molecule has 0 bridgehead atoms. The first-order valence-corrected chi connectivity index (χ1v) is 6.31. The van der Waals surface area contributed by atoms with E-state index >= 15 is 0 Å². The molecule has 1 aliphatic carbocycles. The Morgan fingerprint density at radius 1 is 1.20 bits per heavy atom. The molecule has 82 valence electrons. The maximum atomic E-state index is 5.92. The van der Waals surface area contributed by atoms with E-state index < -0.39 is 0 Å². The van der Waals surface area contributed by atoms with Crippen LogP contribution in [0.25, 0.3) is 0 Å². The van der Waals surface area contributed by atoms with Crippen LogP contribution in [0.2, 0.25) is 0 Å². The third-order valence-corrected chi connectivity index (χ3v) is 4.45. The largest absolute Gasteiger partial charge is 0.329 e. The summed E-state index contributed by atoms with van der Waals surface area (Å²) in [6, 6.07) is 10.6. The second-order valence-corrected chi connectivity index (χ2v) is 6.86. The third-order valence-electron chi connectivity index (χ3n) is 3.05. The van der Waals surface area contributed by atoms with E-state index in [1.54, 1.807) is 0 Å². The van der Waals surface area contributed by atoms with Crippen molar-refractivity contribution >= 4 is 11.8 Å². The van der Waals surface area contributed by atoms with Crippen LogP contribution in [0.1, 0.15) is 26.7 Å². The smallest absolute Gasteiger partial charge is 0.0339 e. The predicted molar refractivity (Wildman–Crippen MR) is 67.1 cm³/mol. The Labute approximate surface area is 96.4 Å². The number of hydrogen-bond donors (Lipinski definition) is 1. The highest BCUT2D eigenvalue weighted by atomic mass is 32.2. The molecule has 0 radical (unpaired) electrons. The molecule has 1 nitrogen and oxygen atoms in total. The van der Waals surface area contributed by atoms with Crippen LogP contribution >= 0.6 is 11.8 Å². The molecule has 1 aromatic carbocycles. The summed E-state index contributed by atoms with van der Waals surface area (Å²) in [4.78, 5) is 1.35. The zero-order chi connectivity index (χ0) is 10.9. The SMILES string of the molecule is CC1(C)CC(CN)(Sc2ccccc2)C1. The van der Waals surface area contributed by atoms with Crippen molar-refractivity contribution in [1.82, 2.24) is 0 Å². The Balaban J connectivity index is 2.05. The molecule has 1 fully saturated rings. The molecule has 0 heterocycles. The van der Waals surface area contributed by atoms with Crippen molar-refractivity contribution in [3.05, 3.63) is 30.3 Å². The van der Waals surface area contributed by atoms with Gasteiger partial charge < -0.3 is 5.73 Å². The highest BCUT2D eigenvalue weighted by molar-refractivity contribution is 8.00. The van der Waals surface area contributed by atoms with Crippen LogP contribution in [0.3, 0.4) is 0 Å². The zero-order valence-electron chi connectivity index (χ0n) is 9.49. The Hall–Kier alpha value is -0.470. The standard InChI is InChI=1S/C13H19NS/c1-12(2)8-13(9-12,10-14)15-11-6-4-3-5-7-11/h3-7H,8-10,14H2,1-2H3. The van der Waals surface area contributed by atoms with Gasteiger partial charge in [-0.3, -0.25) is 0 Å². The van der Waals surface area contributed by atoms with Gasteiger partial charge in [-0.1, -0.05) is 32.0 Å². The topological polar surface area (TPSA) is 26.0 Å². The van der Waals surface area contributed by atoms with Crippen molar-refractivity contribution in [2.24, 2.45) is 11.1 Å². The van der Waals surface area contributed by atoms with Gasteiger partial charge in [0.05, 0.1) is 0 Å². The van der Waals surface area contributed by atoms with E-state index in [9.17, 15) is 0 Å². The van der Waals surface area contributed by atoms with E-state index in [1.807, 2.05) is 11.8 Å². The number of benzene rings is 1. The molecule has 2 rings (SSSR count). The van der Waals surface area contributed by atoms with Crippen molar-refractivity contribution in [3.63, 3.8) is 0 Å². The number of nitrogens with two attached hydrogens (primary N) is 1. The lowest BCUT2D eigenvalue weighted by atomic mass is 9.64. The lowest BCUT2D eigenvalue weighted by Crippen LogP contribution is -2.51. The summed E-state index contributed by atoms with van der Waals surface area (Å²) in [6.07, 6.45) is 2.46. The summed E-state index contributed by atoms with van der Waals surface area (Å²) in [5.41, 5.74) is 6.40. The maximum Gasteiger partial charge on any atom is 0.0339 e. The monoisotopic (exact) mass is 221 g/mol. The van der Waals surface area contributed by atoms with Gasteiger partial charge in [0.2, 0.25) is 0 Å². The molecule has 0 amide bonds. The van der Waals surface area contributed by atoms with Crippen molar-refractivity contribution in [3.8, 4) is 0 Å². The van der Waals surface area contributed by atoms with Crippen molar-refractivity contribution < 1.29 is 0 Å². The van der Waals surface area contributed by atoms with Gasteiger partial charge in [-0.25, -0.2) is 0 Å². The molecule has 15 heavy (non-hydrogen) atoms. The molecule has 0 spiro atoms. The van der Waals surface area contributed by atoms with Gasteiger partial charge >= 0.3 is 0 Å². The minimum Gasteiger partial charge on any atom is -0.329 e. The fourth-order valence-electron chi connectivity index (χ4n) is 2.69. The molecule has 0 unspecified atom stereocenters. The van der Waals surface area contributed by atoms with E-state index in [1.165, 1.54) is 17.7 Å². The van der Waals surface area contributed by atoms with Gasteiger partial charge in [-0.2, -0.15) is 0 Å². The fraction of sp³-hybridized carbons (Fsp3) is 0.538. The van der Waals surface area contributed by atoms with Crippen LogP contribution in [0.15, 0.2) is 35.2 Å². The minimum atomic E-state index is 0.296. The van der Waals surface area contributed by atoms with Crippen molar-refractivity contribution in [2.45, 2.75) is 36.3 Å². The van der Waals surface area contributed by atoms with Gasteiger partial charge in [-0.05, 0) is 30.4 Å². The molecular weight excluding hydrogens is 202 g/mol. The van der Waals surface area contributed by atoms with Crippen LogP contribution in [0.5, 0.6) is 0 Å². The van der Waals surface area contributed by atoms with Crippen LogP contribution < -0.4 is 5.73 Å². The highest BCUT2D eigenvalue weighted by Crippen LogP contribution is 2.56. The van der Waals surface area contributed by atoms with Crippen LogP contribution in [-0.2, 0) is 0 Å².